The van der Waals surface area contributed by atoms with Gasteiger partial charge < -0.3 is 0 Å². The molecule has 2 rings (SSSR count). The molecule has 1 heterocycles. The quantitative estimate of drug-likeness (QED) is 0.643. The standard InChI is InChI=1S/C6H3BrN2S2/c7-4-1-2-6-5(3-4)8-11-9-10-6/h1-3H. The zero-order chi connectivity index (χ0) is 7.68. The molecule has 2 nitrogen and oxygen atoms in total. The third kappa shape index (κ3) is 1.55. The first kappa shape index (κ1) is 7.52. The lowest BCUT2D eigenvalue weighted by atomic mass is 10.3. The fourth-order valence-electron chi connectivity index (χ4n) is 0.757. The Kier molecular flexibility index (Phi) is 2.11. The highest BCUT2D eigenvalue weighted by atomic mass is 79.9. The molecule has 0 amide bonds. The van der Waals surface area contributed by atoms with Gasteiger partial charge in [-0.05, 0) is 18.2 Å². The predicted octanol–water partition coefficient (Wildman–Crippen LogP) is 3.55. The van der Waals surface area contributed by atoms with Crippen molar-refractivity contribution in [3.63, 3.8) is 0 Å². The lowest BCUT2D eigenvalue weighted by molar-refractivity contribution is 1.37. The van der Waals surface area contributed by atoms with E-state index < -0.39 is 0 Å². The number of fused-ring (bicyclic) bond motifs is 1. The van der Waals surface area contributed by atoms with Gasteiger partial charge >= 0.3 is 0 Å². The molecule has 1 aliphatic heterocycles. The second kappa shape index (κ2) is 3.08. The summed E-state index contributed by atoms with van der Waals surface area (Å²) in [4.78, 5) is 1.12. The number of hydrogen-bond acceptors (Lipinski definition) is 3. The molecule has 0 N–H and O–H groups in total. The first-order valence-electron chi connectivity index (χ1n) is 2.90. The van der Waals surface area contributed by atoms with E-state index in [0.29, 0.717) is 0 Å². The van der Waals surface area contributed by atoms with E-state index in [2.05, 4.69) is 24.1 Å². The van der Waals surface area contributed by atoms with Gasteiger partial charge in [0.15, 0.2) is 0 Å². The number of halogens is 1. The molecule has 1 aromatic rings. The maximum absolute atomic E-state index is 4.15. The van der Waals surface area contributed by atoms with Crippen molar-refractivity contribution in [1.29, 1.82) is 0 Å². The highest BCUT2D eigenvalue weighted by Gasteiger charge is 2.04. The maximum atomic E-state index is 4.15. The molecule has 0 atom stereocenters. The first-order chi connectivity index (χ1) is 5.36. The molecule has 0 saturated heterocycles. The second-order valence-corrected chi connectivity index (χ2v) is 4.43. The summed E-state index contributed by atoms with van der Waals surface area (Å²) in [6, 6.07) is 5.99. The highest BCUT2D eigenvalue weighted by molar-refractivity contribution is 9.10. The molecule has 0 fully saturated rings. The van der Waals surface area contributed by atoms with Crippen LogP contribution in [0.5, 0.6) is 0 Å². The average Bonchev–Trinajstić information content (AvgIpc) is 2.04. The predicted molar refractivity (Wildman–Crippen MR) is 51.9 cm³/mol. The van der Waals surface area contributed by atoms with Crippen LogP contribution < -0.4 is 0 Å². The number of nitrogens with zero attached hydrogens (tertiary/aromatic N) is 2. The van der Waals surface area contributed by atoms with Crippen molar-refractivity contribution < 1.29 is 0 Å². The van der Waals surface area contributed by atoms with Gasteiger partial charge in [0.1, 0.15) is 0 Å². The van der Waals surface area contributed by atoms with Gasteiger partial charge in [-0.25, -0.2) is 0 Å². The van der Waals surface area contributed by atoms with Crippen LogP contribution in [0.1, 0.15) is 0 Å². The van der Waals surface area contributed by atoms with Crippen LogP contribution in [0.15, 0.2) is 35.7 Å². The monoisotopic (exact) mass is 246 g/mol. The Labute approximate surface area is 80.5 Å². The fourth-order valence-corrected chi connectivity index (χ4v) is 2.32. The third-order valence-corrected chi connectivity index (χ3v) is 3.11. The van der Waals surface area contributed by atoms with Crippen LogP contribution in [0, 0.1) is 0 Å². The molecule has 11 heavy (non-hydrogen) atoms. The summed E-state index contributed by atoms with van der Waals surface area (Å²) in [7, 11) is 0. The van der Waals surface area contributed by atoms with E-state index in [1.54, 1.807) is 0 Å². The minimum absolute atomic E-state index is 1.00. The van der Waals surface area contributed by atoms with Crippen molar-refractivity contribution in [2.45, 2.75) is 4.90 Å². The molecule has 0 aromatic heterocycles. The van der Waals surface area contributed by atoms with Gasteiger partial charge in [0.25, 0.3) is 0 Å². The van der Waals surface area contributed by atoms with E-state index in [4.69, 9.17) is 0 Å². The van der Waals surface area contributed by atoms with Gasteiger partial charge in [-0.3, -0.25) is 0 Å². The van der Waals surface area contributed by atoms with Gasteiger partial charge in [-0.2, -0.15) is 4.36 Å². The second-order valence-electron chi connectivity index (χ2n) is 1.95. The lowest BCUT2D eigenvalue weighted by Crippen LogP contribution is -1.74. The van der Waals surface area contributed by atoms with E-state index in [1.807, 2.05) is 18.2 Å². The average molecular weight is 247 g/mol. The summed E-state index contributed by atoms with van der Waals surface area (Å²) >= 11 is 6.09. The van der Waals surface area contributed by atoms with E-state index in [9.17, 15) is 0 Å². The number of hydrogen-bond donors (Lipinski definition) is 0. The van der Waals surface area contributed by atoms with Crippen molar-refractivity contribution in [3.8, 4) is 0 Å². The van der Waals surface area contributed by atoms with Gasteiger partial charge in [0, 0.05) is 16.4 Å². The Morgan fingerprint density at radius 3 is 3.18 bits per heavy atom. The number of benzene rings is 1. The van der Waals surface area contributed by atoms with Crippen molar-refractivity contribution in [2.24, 2.45) is 8.13 Å². The molecule has 0 spiro atoms. The molecule has 0 saturated carbocycles. The van der Waals surface area contributed by atoms with Crippen molar-refractivity contribution in [1.82, 2.24) is 0 Å². The Morgan fingerprint density at radius 2 is 2.27 bits per heavy atom. The Morgan fingerprint density at radius 1 is 1.36 bits per heavy atom. The molecule has 0 radical (unpaired) electrons. The van der Waals surface area contributed by atoms with Gasteiger partial charge in [0.05, 0.1) is 21.9 Å². The smallest absolute Gasteiger partial charge is 0.0941 e. The van der Waals surface area contributed by atoms with Crippen molar-refractivity contribution in [3.05, 3.63) is 22.7 Å². The zero-order valence-corrected chi connectivity index (χ0v) is 8.54. The van der Waals surface area contributed by atoms with Crippen LogP contribution in [-0.4, -0.2) is 0 Å². The molecule has 1 aromatic carbocycles. The summed E-state index contributed by atoms with van der Waals surface area (Å²) in [6.07, 6.45) is 0. The maximum Gasteiger partial charge on any atom is 0.0941 e. The van der Waals surface area contributed by atoms with E-state index >= 15 is 0 Å². The fraction of sp³-hybridized carbons (Fsp3) is 0. The van der Waals surface area contributed by atoms with Crippen LogP contribution in [0.4, 0.5) is 5.69 Å². The zero-order valence-electron chi connectivity index (χ0n) is 5.32. The summed E-state index contributed by atoms with van der Waals surface area (Å²) in [5, 5.41) is 0. The normalized spacial score (nSPS) is 13.9. The molecule has 56 valence electrons. The highest BCUT2D eigenvalue weighted by Crippen LogP contribution is 2.34. The molecule has 1 aliphatic rings. The van der Waals surface area contributed by atoms with Crippen molar-refractivity contribution in [2.75, 3.05) is 0 Å². The summed E-state index contributed by atoms with van der Waals surface area (Å²) in [5.41, 5.74) is 1.00. The van der Waals surface area contributed by atoms with Crippen LogP contribution in [0.3, 0.4) is 0 Å². The number of rotatable bonds is 0. The van der Waals surface area contributed by atoms with E-state index in [1.165, 1.54) is 23.3 Å². The van der Waals surface area contributed by atoms with Crippen molar-refractivity contribution >= 4 is 44.9 Å². The Balaban J connectivity index is 2.62. The van der Waals surface area contributed by atoms with E-state index in [0.717, 1.165) is 15.1 Å². The van der Waals surface area contributed by atoms with Gasteiger partial charge in [-0.1, -0.05) is 15.9 Å². The molecule has 5 heteroatoms. The topological polar surface area (TPSA) is 24.7 Å². The summed E-state index contributed by atoms with van der Waals surface area (Å²) in [6.45, 7) is 0. The van der Waals surface area contributed by atoms with E-state index in [-0.39, 0.29) is 0 Å². The lowest BCUT2D eigenvalue weighted by Gasteiger charge is -2.01. The Hall–Kier alpha value is -0.130. The van der Waals surface area contributed by atoms with Gasteiger partial charge in [-0.15, -0.1) is 3.77 Å². The minimum atomic E-state index is 1.00. The van der Waals surface area contributed by atoms with Crippen LogP contribution in [0.2, 0.25) is 0 Å². The van der Waals surface area contributed by atoms with Crippen LogP contribution in [0.25, 0.3) is 0 Å². The molecule has 0 bridgehead atoms. The van der Waals surface area contributed by atoms with Gasteiger partial charge in [0.2, 0.25) is 0 Å². The van der Waals surface area contributed by atoms with Crippen LogP contribution >= 0.6 is 27.9 Å². The van der Waals surface area contributed by atoms with Crippen LogP contribution in [-0.2, 0) is 11.4 Å². The molecule has 0 aliphatic carbocycles. The summed E-state index contributed by atoms with van der Waals surface area (Å²) < 4.78 is 9.21. The third-order valence-electron chi connectivity index (χ3n) is 1.23. The molecular weight excluding hydrogens is 244 g/mol. The first-order valence-corrected chi connectivity index (χ1v) is 5.20. The SMILES string of the molecule is Brc1ccc2c(c1)N=S=NS2. The molecule has 0 unspecified atom stereocenters. The largest absolute Gasteiger partial charge is 0.174 e. The summed E-state index contributed by atoms with van der Waals surface area (Å²) in [5.74, 6) is 0. The Bertz CT molecular complexity index is 358. The minimum Gasteiger partial charge on any atom is -0.174 e. The molecular formula is C6H3BrN2S2.